The second-order valence-electron chi connectivity index (χ2n) is 5.67. The van der Waals surface area contributed by atoms with Gasteiger partial charge < -0.3 is 15.4 Å². The predicted octanol–water partition coefficient (Wildman–Crippen LogP) is 2.12. The molecule has 1 amide bonds. The van der Waals surface area contributed by atoms with E-state index in [9.17, 15) is 9.59 Å². The number of rotatable bonds is 5. The fourth-order valence-corrected chi connectivity index (χ4v) is 3.39. The lowest BCUT2D eigenvalue weighted by atomic mass is 10.2. The van der Waals surface area contributed by atoms with Crippen molar-refractivity contribution in [3.8, 4) is 0 Å². The third kappa shape index (κ3) is 4.83. The number of hydrogen-bond acceptors (Lipinski definition) is 7. The average Bonchev–Trinajstić information content (AvgIpc) is 2.83. The fourth-order valence-electron chi connectivity index (χ4n) is 2.56. The van der Waals surface area contributed by atoms with E-state index in [1.807, 2.05) is 11.8 Å². The minimum Gasteiger partial charge on any atom is -0.462 e. The van der Waals surface area contributed by atoms with Gasteiger partial charge in [-0.25, -0.2) is 14.8 Å². The highest BCUT2D eigenvalue weighted by molar-refractivity contribution is 8.00. The van der Waals surface area contributed by atoms with Crippen LogP contribution in [0.15, 0.2) is 11.4 Å². The number of hydrogen-bond donors (Lipinski definition) is 1. The Labute approximate surface area is 146 Å². The van der Waals surface area contributed by atoms with E-state index in [-0.39, 0.29) is 29.1 Å². The monoisotopic (exact) mass is 352 g/mol. The first-order chi connectivity index (χ1) is 11.5. The number of carbonyl (C=O) groups is 2. The van der Waals surface area contributed by atoms with Gasteiger partial charge in [0.15, 0.2) is 5.16 Å². The zero-order valence-electron chi connectivity index (χ0n) is 14.2. The van der Waals surface area contributed by atoms with E-state index in [2.05, 4.69) is 9.97 Å². The number of carbonyl (C=O) groups excluding carboxylic acids is 2. The van der Waals surface area contributed by atoms with Crippen molar-refractivity contribution in [2.75, 3.05) is 25.4 Å². The van der Waals surface area contributed by atoms with Crippen LogP contribution in [0.2, 0.25) is 0 Å². The second-order valence-corrected chi connectivity index (χ2v) is 6.98. The number of nitrogens with zero attached hydrogens (tertiary/aromatic N) is 3. The third-order valence-electron chi connectivity index (χ3n) is 3.84. The molecule has 0 bridgehead atoms. The van der Waals surface area contributed by atoms with Gasteiger partial charge in [-0.3, -0.25) is 4.79 Å². The minimum atomic E-state index is -0.541. The second kappa shape index (κ2) is 8.86. The van der Waals surface area contributed by atoms with Gasteiger partial charge in [0.1, 0.15) is 11.4 Å². The molecule has 1 aliphatic heterocycles. The maximum absolute atomic E-state index is 12.5. The SMILES string of the molecule is CCOC(=O)c1cnc(SC(C)C(=O)N2CCCCCC2)nc1N. The largest absolute Gasteiger partial charge is 0.462 e. The van der Waals surface area contributed by atoms with E-state index < -0.39 is 5.97 Å². The van der Waals surface area contributed by atoms with Gasteiger partial charge in [0, 0.05) is 19.3 Å². The van der Waals surface area contributed by atoms with Crippen LogP contribution in [-0.4, -0.2) is 51.7 Å². The Morgan fingerprint density at radius 2 is 2.00 bits per heavy atom. The highest BCUT2D eigenvalue weighted by Crippen LogP contribution is 2.24. The van der Waals surface area contributed by atoms with E-state index in [1.165, 1.54) is 30.8 Å². The number of nitrogen functional groups attached to an aromatic ring is 1. The molecule has 0 radical (unpaired) electrons. The summed E-state index contributed by atoms with van der Waals surface area (Å²) < 4.78 is 4.89. The van der Waals surface area contributed by atoms with Crippen LogP contribution in [0.3, 0.4) is 0 Å². The van der Waals surface area contributed by atoms with Crippen LogP contribution in [-0.2, 0) is 9.53 Å². The molecule has 1 fully saturated rings. The van der Waals surface area contributed by atoms with E-state index in [0.29, 0.717) is 5.16 Å². The zero-order chi connectivity index (χ0) is 17.5. The van der Waals surface area contributed by atoms with Crippen LogP contribution < -0.4 is 5.73 Å². The van der Waals surface area contributed by atoms with Gasteiger partial charge in [0.2, 0.25) is 5.91 Å². The van der Waals surface area contributed by atoms with Crippen molar-refractivity contribution in [3.05, 3.63) is 11.8 Å². The highest BCUT2D eigenvalue weighted by atomic mass is 32.2. The number of aromatic nitrogens is 2. The molecule has 0 aromatic carbocycles. The quantitative estimate of drug-likeness (QED) is 0.492. The summed E-state index contributed by atoms with van der Waals surface area (Å²) in [6.45, 7) is 5.45. The summed E-state index contributed by atoms with van der Waals surface area (Å²) in [5, 5.41) is 0.0900. The van der Waals surface area contributed by atoms with Gasteiger partial charge in [-0.05, 0) is 26.7 Å². The molecular weight excluding hydrogens is 328 g/mol. The van der Waals surface area contributed by atoms with Crippen LogP contribution >= 0.6 is 11.8 Å². The molecule has 0 spiro atoms. The molecule has 2 rings (SSSR count). The lowest BCUT2D eigenvalue weighted by molar-refractivity contribution is -0.130. The van der Waals surface area contributed by atoms with E-state index >= 15 is 0 Å². The molecule has 1 aromatic rings. The third-order valence-corrected chi connectivity index (χ3v) is 4.80. The summed E-state index contributed by atoms with van der Waals surface area (Å²) in [5.74, 6) is -0.376. The molecule has 1 unspecified atom stereocenters. The smallest absolute Gasteiger partial charge is 0.343 e. The molecule has 132 valence electrons. The van der Waals surface area contributed by atoms with E-state index in [1.54, 1.807) is 6.92 Å². The lowest BCUT2D eigenvalue weighted by Crippen LogP contribution is -2.37. The molecular formula is C16H24N4O3S. The fraction of sp³-hybridized carbons (Fsp3) is 0.625. The van der Waals surface area contributed by atoms with Gasteiger partial charge in [-0.1, -0.05) is 24.6 Å². The molecule has 8 heteroatoms. The number of amides is 1. The van der Waals surface area contributed by atoms with Crippen molar-refractivity contribution >= 4 is 29.5 Å². The Morgan fingerprint density at radius 1 is 1.33 bits per heavy atom. The first kappa shape index (κ1) is 18.5. The van der Waals surface area contributed by atoms with Crippen molar-refractivity contribution in [1.82, 2.24) is 14.9 Å². The standard InChI is InChI=1S/C16H24N4O3S/c1-3-23-15(22)12-10-18-16(19-13(12)17)24-11(2)14(21)20-8-6-4-5-7-9-20/h10-11H,3-9H2,1-2H3,(H2,17,18,19). The molecule has 24 heavy (non-hydrogen) atoms. The first-order valence-electron chi connectivity index (χ1n) is 8.28. The van der Waals surface area contributed by atoms with Crippen LogP contribution in [0, 0.1) is 0 Å². The maximum atomic E-state index is 12.5. The van der Waals surface area contributed by atoms with Crippen molar-refractivity contribution in [2.24, 2.45) is 0 Å². The Kier molecular flexibility index (Phi) is 6.84. The molecule has 2 N–H and O–H groups in total. The molecule has 1 aliphatic rings. The Hall–Kier alpha value is -1.83. The normalized spacial score (nSPS) is 16.3. The number of anilines is 1. The maximum Gasteiger partial charge on any atom is 0.343 e. The summed E-state index contributed by atoms with van der Waals surface area (Å²) in [6, 6.07) is 0. The number of ether oxygens (including phenoxy) is 1. The van der Waals surface area contributed by atoms with Crippen LogP contribution in [0.25, 0.3) is 0 Å². The van der Waals surface area contributed by atoms with E-state index in [0.717, 1.165) is 25.9 Å². The minimum absolute atomic E-state index is 0.0698. The number of esters is 1. The summed E-state index contributed by atoms with van der Waals surface area (Å²) in [5.41, 5.74) is 5.95. The van der Waals surface area contributed by atoms with Gasteiger partial charge in [0.25, 0.3) is 0 Å². The lowest BCUT2D eigenvalue weighted by Gasteiger charge is -2.23. The van der Waals surface area contributed by atoms with Crippen LogP contribution in [0.4, 0.5) is 5.82 Å². The average molecular weight is 352 g/mol. The summed E-state index contributed by atoms with van der Waals surface area (Å²) >= 11 is 1.25. The number of likely N-dealkylation sites (tertiary alicyclic amines) is 1. The van der Waals surface area contributed by atoms with Gasteiger partial charge in [-0.2, -0.15) is 0 Å². The predicted molar refractivity (Wildman–Crippen MR) is 92.8 cm³/mol. The van der Waals surface area contributed by atoms with Crippen LogP contribution in [0.1, 0.15) is 49.9 Å². The van der Waals surface area contributed by atoms with Gasteiger partial charge in [0.05, 0.1) is 11.9 Å². The Balaban J connectivity index is 2.00. The molecule has 1 saturated heterocycles. The van der Waals surface area contributed by atoms with Crippen molar-refractivity contribution in [1.29, 1.82) is 0 Å². The zero-order valence-corrected chi connectivity index (χ0v) is 15.0. The number of thioether (sulfide) groups is 1. The van der Waals surface area contributed by atoms with Crippen molar-refractivity contribution in [2.45, 2.75) is 49.9 Å². The Bertz CT molecular complexity index is 589. The Morgan fingerprint density at radius 3 is 2.58 bits per heavy atom. The summed E-state index contributed by atoms with van der Waals surface area (Å²) in [4.78, 5) is 34.4. The summed E-state index contributed by atoms with van der Waals surface area (Å²) in [7, 11) is 0. The van der Waals surface area contributed by atoms with Gasteiger partial charge >= 0.3 is 5.97 Å². The topological polar surface area (TPSA) is 98.4 Å². The first-order valence-corrected chi connectivity index (χ1v) is 9.16. The number of nitrogens with two attached hydrogens (primary N) is 1. The summed E-state index contributed by atoms with van der Waals surface area (Å²) in [6.07, 6.45) is 5.83. The molecule has 1 aromatic heterocycles. The van der Waals surface area contributed by atoms with Gasteiger partial charge in [-0.15, -0.1) is 0 Å². The van der Waals surface area contributed by atoms with Crippen LogP contribution in [0.5, 0.6) is 0 Å². The molecule has 2 heterocycles. The molecule has 7 nitrogen and oxygen atoms in total. The van der Waals surface area contributed by atoms with E-state index in [4.69, 9.17) is 10.5 Å². The molecule has 0 aliphatic carbocycles. The van der Waals surface area contributed by atoms with Crippen molar-refractivity contribution < 1.29 is 14.3 Å². The molecule has 0 saturated carbocycles. The highest BCUT2D eigenvalue weighted by Gasteiger charge is 2.24. The van der Waals surface area contributed by atoms with Crippen molar-refractivity contribution in [3.63, 3.8) is 0 Å². The molecule has 1 atom stereocenters.